The van der Waals surface area contributed by atoms with Gasteiger partial charge in [0.1, 0.15) is 0 Å². The third-order valence-electron chi connectivity index (χ3n) is 3.53. The Bertz CT molecular complexity index is 219. The third kappa shape index (κ3) is 2.50. The first-order valence-corrected chi connectivity index (χ1v) is 5.47. The van der Waals surface area contributed by atoms with Gasteiger partial charge in [-0.25, -0.2) is 0 Å². The van der Waals surface area contributed by atoms with E-state index in [9.17, 15) is 10.2 Å². The Morgan fingerprint density at radius 1 is 1.40 bits per heavy atom. The molecule has 4 heteroatoms. The lowest BCUT2D eigenvalue weighted by Gasteiger charge is -2.47. The van der Waals surface area contributed by atoms with E-state index in [2.05, 4.69) is 0 Å². The molecular weight excluding hydrogens is 196 g/mol. The van der Waals surface area contributed by atoms with Gasteiger partial charge in [-0.2, -0.15) is 0 Å². The quantitative estimate of drug-likeness (QED) is 0.603. The molecule has 1 saturated carbocycles. The molecule has 0 aliphatic heterocycles. The van der Waals surface area contributed by atoms with E-state index in [0.29, 0.717) is 12.8 Å². The van der Waals surface area contributed by atoms with E-state index >= 15 is 0 Å². The van der Waals surface area contributed by atoms with Crippen molar-refractivity contribution in [2.45, 2.75) is 44.5 Å². The summed E-state index contributed by atoms with van der Waals surface area (Å²) in [7, 11) is 1.44. The van der Waals surface area contributed by atoms with E-state index in [1.54, 1.807) is 0 Å². The minimum atomic E-state index is -1.32. The van der Waals surface area contributed by atoms with E-state index in [1.165, 1.54) is 7.11 Å². The second kappa shape index (κ2) is 4.37. The van der Waals surface area contributed by atoms with Gasteiger partial charge in [0, 0.05) is 19.4 Å². The highest BCUT2D eigenvalue weighted by Gasteiger charge is 2.49. The molecule has 1 aliphatic carbocycles. The second-order valence-corrected chi connectivity index (χ2v) is 5.00. The maximum atomic E-state index is 10.3. The second-order valence-electron chi connectivity index (χ2n) is 5.00. The number of methoxy groups -OCH3 is 1. The summed E-state index contributed by atoms with van der Waals surface area (Å²) >= 11 is 0. The van der Waals surface area contributed by atoms with E-state index in [4.69, 9.17) is 9.84 Å². The molecule has 1 fully saturated rings. The number of aliphatic hydroxyl groups excluding tert-OH is 1. The van der Waals surface area contributed by atoms with Gasteiger partial charge in [-0.15, -0.1) is 0 Å². The Balaban J connectivity index is 2.83. The van der Waals surface area contributed by atoms with Gasteiger partial charge < -0.3 is 20.1 Å². The lowest BCUT2D eigenvalue weighted by atomic mass is 9.70. The van der Waals surface area contributed by atoms with Crippen LogP contribution in [0.15, 0.2) is 0 Å². The van der Waals surface area contributed by atoms with E-state index in [-0.39, 0.29) is 24.9 Å². The summed E-state index contributed by atoms with van der Waals surface area (Å²) in [4.78, 5) is 0. The average molecular weight is 218 g/mol. The molecular formula is C11H22O4. The molecule has 1 rings (SSSR count). The number of hydrogen-bond donors (Lipinski definition) is 3. The SMILES string of the molecule is CO[C@]1(O)C[C@@](O)(CO)CC[C@H]1C(C)C. The lowest BCUT2D eigenvalue weighted by molar-refractivity contribution is -0.280. The van der Waals surface area contributed by atoms with E-state index in [0.717, 1.165) is 0 Å². The number of ether oxygens (including phenoxy) is 1. The van der Waals surface area contributed by atoms with Crippen LogP contribution >= 0.6 is 0 Å². The molecule has 4 nitrogen and oxygen atoms in total. The molecule has 3 atom stereocenters. The van der Waals surface area contributed by atoms with Crippen molar-refractivity contribution in [1.82, 2.24) is 0 Å². The number of hydrogen-bond acceptors (Lipinski definition) is 4. The molecule has 3 N–H and O–H groups in total. The molecule has 15 heavy (non-hydrogen) atoms. The smallest absolute Gasteiger partial charge is 0.170 e. The van der Waals surface area contributed by atoms with Gasteiger partial charge in [0.2, 0.25) is 0 Å². The van der Waals surface area contributed by atoms with E-state index < -0.39 is 11.4 Å². The fraction of sp³-hybridized carbons (Fsp3) is 1.00. The first-order valence-electron chi connectivity index (χ1n) is 5.47. The molecule has 0 bridgehead atoms. The predicted molar refractivity (Wildman–Crippen MR) is 56.2 cm³/mol. The third-order valence-corrected chi connectivity index (χ3v) is 3.53. The molecule has 0 amide bonds. The molecule has 0 radical (unpaired) electrons. The Morgan fingerprint density at radius 3 is 2.40 bits per heavy atom. The molecule has 1 aliphatic rings. The van der Waals surface area contributed by atoms with Crippen LogP contribution in [-0.4, -0.2) is 40.4 Å². The molecule has 0 spiro atoms. The minimum Gasteiger partial charge on any atom is -0.393 e. The van der Waals surface area contributed by atoms with Crippen molar-refractivity contribution < 1.29 is 20.1 Å². The normalized spacial score (nSPS) is 42.2. The van der Waals surface area contributed by atoms with Crippen molar-refractivity contribution in [2.75, 3.05) is 13.7 Å². The summed E-state index contributed by atoms with van der Waals surface area (Å²) in [5.74, 6) is -1.02. The van der Waals surface area contributed by atoms with Gasteiger partial charge in [0.15, 0.2) is 5.79 Å². The molecule has 0 unspecified atom stereocenters. The Hall–Kier alpha value is -0.160. The van der Waals surface area contributed by atoms with Crippen molar-refractivity contribution in [3.8, 4) is 0 Å². The highest BCUT2D eigenvalue weighted by molar-refractivity contribution is 4.95. The van der Waals surface area contributed by atoms with Gasteiger partial charge in [-0.3, -0.25) is 0 Å². The van der Waals surface area contributed by atoms with Crippen LogP contribution in [0.2, 0.25) is 0 Å². The van der Waals surface area contributed by atoms with E-state index in [1.807, 2.05) is 13.8 Å². The van der Waals surface area contributed by atoms with Crippen LogP contribution in [0.4, 0.5) is 0 Å². The molecule has 0 saturated heterocycles. The van der Waals surface area contributed by atoms with Crippen molar-refractivity contribution >= 4 is 0 Å². The topological polar surface area (TPSA) is 69.9 Å². The molecule has 0 aromatic rings. The highest BCUT2D eigenvalue weighted by atomic mass is 16.6. The first-order chi connectivity index (χ1) is 6.87. The Morgan fingerprint density at radius 2 is 2.00 bits per heavy atom. The predicted octanol–water partition coefficient (Wildman–Crippen LogP) is 0.501. The average Bonchev–Trinajstić information content (AvgIpc) is 2.17. The Kier molecular flexibility index (Phi) is 3.76. The summed E-state index contributed by atoms with van der Waals surface area (Å²) in [6.45, 7) is 3.72. The fourth-order valence-electron chi connectivity index (χ4n) is 2.55. The van der Waals surface area contributed by atoms with Crippen molar-refractivity contribution in [2.24, 2.45) is 11.8 Å². The van der Waals surface area contributed by atoms with Crippen LogP contribution in [0.25, 0.3) is 0 Å². The number of aliphatic hydroxyl groups is 3. The van der Waals surface area contributed by atoms with Gasteiger partial charge >= 0.3 is 0 Å². The summed E-state index contributed by atoms with van der Waals surface area (Å²) in [5, 5.41) is 29.3. The maximum Gasteiger partial charge on any atom is 0.170 e. The van der Waals surface area contributed by atoms with Crippen LogP contribution in [0.5, 0.6) is 0 Å². The van der Waals surface area contributed by atoms with Crippen LogP contribution in [0.1, 0.15) is 33.1 Å². The summed E-state index contributed by atoms with van der Waals surface area (Å²) in [6.07, 6.45) is 1.26. The van der Waals surface area contributed by atoms with Gasteiger partial charge in [0.05, 0.1) is 12.2 Å². The lowest BCUT2D eigenvalue weighted by Crippen LogP contribution is -2.55. The summed E-state index contributed by atoms with van der Waals surface area (Å²) in [6, 6.07) is 0. The largest absolute Gasteiger partial charge is 0.393 e. The highest BCUT2D eigenvalue weighted by Crippen LogP contribution is 2.43. The standard InChI is InChI=1S/C11H22O4/c1-8(2)9-4-5-10(13,7-12)6-11(9,14)15-3/h8-9,12-14H,4-7H2,1-3H3/t9-,10+,11+/m0/s1. The van der Waals surface area contributed by atoms with Crippen LogP contribution in [0, 0.1) is 11.8 Å². The zero-order valence-corrected chi connectivity index (χ0v) is 9.73. The first kappa shape index (κ1) is 12.9. The van der Waals surface area contributed by atoms with Crippen LogP contribution in [0.3, 0.4) is 0 Å². The molecule has 0 aromatic heterocycles. The van der Waals surface area contributed by atoms with Crippen molar-refractivity contribution in [3.63, 3.8) is 0 Å². The zero-order valence-electron chi connectivity index (χ0n) is 9.73. The van der Waals surface area contributed by atoms with Crippen LogP contribution in [-0.2, 0) is 4.74 Å². The minimum absolute atomic E-state index is 0.00863. The maximum absolute atomic E-state index is 10.3. The van der Waals surface area contributed by atoms with Crippen molar-refractivity contribution in [3.05, 3.63) is 0 Å². The van der Waals surface area contributed by atoms with Gasteiger partial charge in [-0.05, 0) is 18.8 Å². The molecule has 0 heterocycles. The van der Waals surface area contributed by atoms with Gasteiger partial charge in [-0.1, -0.05) is 13.8 Å². The van der Waals surface area contributed by atoms with Gasteiger partial charge in [0.25, 0.3) is 0 Å². The summed E-state index contributed by atoms with van der Waals surface area (Å²) < 4.78 is 5.13. The molecule has 0 aromatic carbocycles. The van der Waals surface area contributed by atoms with Crippen molar-refractivity contribution in [1.29, 1.82) is 0 Å². The summed E-state index contributed by atoms with van der Waals surface area (Å²) in [5.41, 5.74) is -1.20. The van der Waals surface area contributed by atoms with Crippen LogP contribution < -0.4 is 0 Å². The monoisotopic (exact) mass is 218 g/mol. The zero-order chi connectivity index (χ0) is 11.7. The fourth-order valence-corrected chi connectivity index (χ4v) is 2.55. The molecule has 90 valence electrons. The number of rotatable bonds is 3. The Labute approximate surface area is 90.9 Å².